The number of ether oxygens (including phenoxy) is 1. The molecule has 1 aliphatic carbocycles. The van der Waals surface area contributed by atoms with Gasteiger partial charge in [0.05, 0.1) is 0 Å². The fourth-order valence-electron chi connectivity index (χ4n) is 2.17. The molecule has 0 radical (unpaired) electrons. The highest BCUT2D eigenvalue weighted by atomic mass is 32.2. The van der Waals surface area contributed by atoms with Gasteiger partial charge in [0.25, 0.3) is 0 Å². The number of aldehydes is 1. The molecule has 22 heavy (non-hydrogen) atoms. The first kappa shape index (κ1) is 14.7. The van der Waals surface area contributed by atoms with Gasteiger partial charge in [-0.3, -0.25) is 4.79 Å². The summed E-state index contributed by atoms with van der Waals surface area (Å²) in [5.74, 6) is 1.73. The number of benzene rings is 2. The zero-order valence-corrected chi connectivity index (χ0v) is 12.9. The van der Waals surface area contributed by atoms with Gasteiger partial charge in [-0.2, -0.15) is 0 Å². The predicted octanol–water partition coefficient (Wildman–Crippen LogP) is 5.26. The van der Waals surface area contributed by atoms with Crippen LogP contribution in [0, 0.1) is 0 Å². The maximum absolute atomic E-state index is 11.0. The topological polar surface area (TPSA) is 26.3 Å². The Bertz CT molecular complexity index is 714. The molecule has 0 heterocycles. The van der Waals surface area contributed by atoms with E-state index >= 15 is 0 Å². The van der Waals surface area contributed by atoms with E-state index in [2.05, 4.69) is 12.2 Å². The molecular formula is C19H16O2S. The Kier molecular flexibility index (Phi) is 4.76. The Hall–Kier alpha value is -2.26. The molecule has 0 unspecified atom stereocenters. The molecule has 1 aliphatic rings. The zero-order valence-electron chi connectivity index (χ0n) is 12.1. The Morgan fingerprint density at radius 2 is 1.82 bits per heavy atom. The number of carbonyl (C=O) groups is 1. The van der Waals surface area contributed by atoms with Gasteiger partial charge in [0, 0.05) is 15.4 Å². The fraction of sp³-hybridized carbons (Fsp3) is 0.105. The summed E-state index contributed by atoms with van der Waals surface area (Å²) in [5, 5.41) is 0. The number of hydrogen-bond donors (Lipinski definition) is 0. The van der Waals surface area contributed by atoms with E-state index in [1.54, 1.807) is 11.8 Å². The van der Waals surface area contributed by atoms with Gasteiger partial charge in [-0.25, -0.2) is 0 Å². The zero-order chi connectivity index (χ0) is 15.2. The van der Waals surface area contributed by atoms with E-state index in [1.165, 1.54) is 0 Å². The molecule has 0 atom stereocenters. The molecule has 0 N–H and O–H groups in total. The minimum absolute atomic E-state index is 0.713. The van der Waals surface area contributed by atoms with Gasteiger partial charge in [-0.15, -0.1) is 0 Å². The second-order valence-corrected chi connectivity index (χ2v) is 6.03. The van der Waals surface area contributed by atoms with E-state index in [0.717, 1.165) is 40.4 Å². The van der Waals surface area contributed by atoms with E-state index in [-0.39, 0.29) is 0 Å². The van der Waals surface area contributed by atoms with E-state index in [4.69, 9.17) is 4.74 Å². The molecule has 0 fully saturated rings. The Morgan fingerprint density at radius 1 is 1.00 bits per heavy atom. The summed E-state index contributed by atoms with van der Waals surface area (Å²) in [7, 11) is 0. The summed E-state index contributed by atoms with van der Waals surface area (Å²) in [6.07, 6.45) is 9.23. The SMILES string of the molecule is O=Cc1ccccc1Sc1ccc(OC2=CCCC=C2)cc1. The van der Waals surface area contributed by atoms with E-state index in [0.29, 0.717) is 5.56 Å². The first-order valence-corrected chi connectivity index (χ1v) is 8.03. The van der Waals surface area contributed by atoms with Crippen molar-refractivity contribution in [3.05, 3.63) is 78.1 Å². The minimum atomic E-state index is 0.713. The molecule has 2 aromatic carbocycles. The fourth-order valence-corrected chi connectivity index (χ4v) is 3.08. The highest BCUT2D eigenvalue weighted by molar-refractivity contribution is 7.99. The number of carbonyl (C=O) groups excluding carboxylic acids is 1. The van der Waals surface area contributed by atoms with Crippen molar-refractivity contribution >= 4 is 18.0 Å². The van der Waals surface area contributed by atoms with Crippen molar-refractivity contribution in [2.75, 3.05) is 0 Å². The molecule has 0 aliphatic heterocycles. The molecule has 0 bridgehead atoms. The minimum Gasteiger partial charge on any atom is -0.458 e. The summed E-state index contributed by atoms with van der Waals surface area (Å²) in [4.78, 5) is 13.1. The summed E-state index contributed by atoms with van der Waals surface area (Å²) in [6, 6.07) is 15.5. The van der Waals surface area contributed by atoms with Crippen LogP contribution in [0.25, 0.3) is 0 Å². The van der Waals surface area contributed by atoms with Crippen LogP contribution in [0.15, 0.2) is 82.3 Å². The lowest BCUT2D eigenvalue weighted by Gasteiger charge is -2.10. The van der Waals surface area contributed by atoms with Crippen molar-refractivity contribution in [2.45, 2.75) is 22.6 Å². The first-order valence-electron chi connectivity index (χ1n) is 7.22. The average Bonchev–Trinajstić information content (AvgIpc) is 2.58. The second kappa shape index (κ2) is 7.14. The monoisotopic (exact) mass is 308 g/mol. The van der Waals surface area contributed by atoms with Gasteiger partial charge in [0.1, 0.15) is 11.5 Å². The molecule has 3 rings (SSSR count). The van der Waals surface area contributed by atoms with Crippen molar-refractivity contribution < 1.29 is 9.53 Å². The van der Waals surface area contributed by atoms with Crippen molar-refractivity contribution in [1.82, 2.24) is 0 Å². The Labute approximate surface area is 134 Å². The van der Waals surface area contributed by atoms with Crippen LogP contribution in [0.1, 0.15) is 23.2 Å². The largest absolute Gasteiger partial charge is 0.458 e. The lowest BCUT2D eigenvalue weighted by Crippen LogP contribution is -1.94. The van der Waals surface area contributed by atoms with Gasteiger partial charge in [-0.1, -0.05) is 36.0 Å². The smallest absolute Gasteiger partial charge is 0.151 e. The molecule has 3 heteroatoms. The summed E-state index contributed by atoms with van der Waals surface area (Å²) in [6.45, 7) is 0. The van der Waals surface area contributed by atoms with Crippen LogP contribution in [0.2, 0.25) is 0 Å². The Balaban J connectivity index is 1.70. The van der Waals surface area contributed by atoms with Crippen molar-refractivity contribution in [3.8, 4) is 5.75 Å². The molecule has 0 amide bonds. The van der Waals surface area contributed by atoms with Crippen molar-refractivity contribution in [3.63, 3.8) is 0 Å². The lowest BCUT2D eigenvalue weighted by atomic mass is 10.2. The van der Waals surface area contributed by atoms with E-state index < -0.39 is 0 Å². The lowest BCUT2D eigenvalue weighted by molar-refractivity contribution is 0.112. The van der Waals surface area contributed by atoms with Gasteiger partial charge in [0.2, 0.25) is 0 Å². The quantitative estimate of drug-likeness (QED) is 0.704. The molecule has 0 saturated heterocycles. The molecule has 2 nitrogen and oxygen atoms in total. The van der Waals surface area contributed by atoms with Gasteiger partial charge in [-0.05, 0) is 55.3 Å². The third kappa shape index (κ3) is 3.68. The maximum Gasteiger partial charge on any atom is 0.151 e. The normalized spacial score (nSPS) is 13.5. The van der Waals surface area contributed by atoms with Crippen molar-refractivity contribution in [2.24, 2.45) is 0 Å². The third-order valence-electron chi connectivity index (χ3n) is 3.29. The molecule has 110 valence electrons. The summed E-state index contributed by atoms with van der Waals surface area (Å²) >= 11 is 1.58. The number of rotatable bonds is 5. The van der Waals surface area contributed by atoms with Crippen LogP contribution in [-0.2, 0) is 0 Å². The van der Waals surface area contributed by atoms with Crippen LogP contribution in [0.4, 0.5) is 0 Å². The Morgan fingerprint density at radius 3 is 2.55 bits per heavy atom. The standard InChI is InChI=1S/C19H16O2S/c20-14-15-6-4-5-9-19(15)22-18-12-10-17(11-13-18)21-16-7-2-1-3-8-16/h2,4-14H,1,3H2. The van der Waals surface area contributed by atoms with Gasteiger partial charge >= 0.3 is 0 Å². The predicted molar refractivity (Wildman–Crippen MR) is 89.5 cm³/mol. The molecule has 2 aromatic rings. The highest BCUT2D eigenvalue weighted by Crippen LogP contribution is 2.31. The van der Waals surface area contributed by atoms with Crippen LogP contribution in [0.3, 0.4) is 0 Å². The highest BCUT2D eigenvalue weighted by Gasteiger charge is 2.04. The third-order valence-corrected chi connectivity index (χ3v) is 4.39. The van der Waals surface area contributed by atoms with E-state index in [1.807, 2.05) is 54.6 Å². The second-order valence-electron chi connectivity index (χ2n) is 4.92. The van der Waals surface area contributed by atoms with Gasteiger partial charge in [0.15, 0.2) is 6.29 Å². The summed E-state index contributed by atoms with van der Waals surface area (Å²) in [5.41, 5.74) is 0.713. The van der Waals surface area contributed by atoms with E-state index in [9.17, 15) is 4.79 Å². The molecule has 0 spiro atoms. The number of allylic oxidation sites excluding steroid dienone is 3. The van der Waals surface area contributed by atoms with Crippen LogP contribution in [-0.4, -0.2) is 6.29 Å². The van der Waals surface area contributed by atoms with Crippen LogP contribution >= 0.6 is 11.8 Å². The molecule has 0 saturated carbocycles. The van der Waals surface area contributed by atoms with Crippen LogP contribution < -0.4 is 4.74 Å². The van der Waals surface area contributed by atoms with Gasteiger partial charge < -0.3 is 4.74 Å². The first-order chi connectivity index (χ1) is 10.8. The van der Waals surface area contributed by atoms with Crippen molar-refractivity contribution in [1.29, 1.82) is 0 Å². The number of hydrogen-bond acceptors (Lipinski definition) is 3. The maximum atomic E-state index is 11.0. The molecular weight excluding hydrogens is 292 g/mol. The average molecular weight is 308 g/mol. The molecule has 0 aromatic heterocycles. The summed E-state index contributed by atoms with van der Waals surface area (Å²) < 4.78 is 5.81. The van der Waals surface area contributed by atoms with Crippen LogP contribution in [0.5, 0.6) is 5.75 Å².